The molecule has 0 amide bonds. The fourth-order valence-electron chi connectivity index (χ4n) is 0.669. The van der Waals surface area contributed by atoms with Crippen LogP contribution in [0.5, 0.6) is 0 Å². The van der Waals surface area contributed by atoms with Gasteiger partial charge in [0.05, 0.1) is 10.0 Å². The average Bonchev–Trinajstić information content (AvgIpc) is 1.99. The zero-order valence-corrected chi connectivity index (χ0v) is 10.0. The van der Waals surface area contributed by atoms with Crippen molar-refractivity contribution in [3.8, 4) is 0 Å². The Kier molecular flexibility index (Phi) is 3.64. The van der Waals surface area contributed by atoms with Crippen LogP contribution >= 0.6 is 57.4 Å². The molecule has 0 aliphatic heterocycles. The lowest BCUT2D eigenvalue weighted by Crippen LogP contribution is -1.90. The number of hydrogen-bond acceptors (Lipinski definition) is 1. The van der Waals surface area contributed by atoms with E-state index in [-0.39, 0.29) is 0 Å². The normalized spacial score (nSPS) is 10.0. The summed E-state index contributed by atoms with van der Waals surface area (Å²) in [6.07, 6.45) is 0. The molecule has 1 rings (SSSR count). The maximum absolute atomic E-state index is 10.7. The van der Waals surface area contributed by atoms with E-state index in [0.29, 0.717) is 19.2 Å². The van der Waals surface area contributed by atoms with E-state index in [1.807, 2.05) is 22.6 Å². The molecule has 64 valence electrons. The Hall–Kier alpha value is 0.490. The molecule has 0 saturated heterocycles. The Morgan fingerprint density at radius 3 is 2.33 bits per heavy atom. The molecule has 5 heteroatoms. The summed E-state index contributed by atoms with van der Waals surface area (Å²) in [5.41, 5.74) is 0.357. The van der Waals surface area contributed by atoms with Crippen molar-refractivity contribution in [1.29, 1.82) is 0 Å². The molecule has 0 unspecified atom stereocenters. The first-order valence-corrected chi connectivity index (χ1v) is 5.08. The average molecular weight is 335 g/mol. The van der Waals surface area contributed by atoms with Gasteiger partial charge < -0.3 is 0 Å². The van der Waals surface area contributed by atoms with Crippen molar-refractivity contribution in [2.45, 2.75) is 0 Å². The smallest absolute Gasteiger partial charge is 0.252 e. The molecule has 0 spiro atoms. The Balaban J connectivity index is 3.31. The molecular formula is C7H2Cl3IO. The van der Waals surface area contributed by atoms with Crippen LogP contribution in [0, 0.1) is 3.57 Å². The topological polar surface area (TPSA) is 17.1 Å². The summed E-state index contributed by atoms with van der Waals surface area (Å²) in [6.45, 7) is 0. The van der Waals surface area contributed by atoms with Crippen molar-refractivity contribution in [3.05, 3.63) is 31.3 Å². The van der Waals surface area contributed by atoms with Crippen LogP contribution in [-0.2, 0) is 0 Å². The molecule has 0 aliphatic carbocycles. The summed E-state index contributed by atoms with van der Waals surface area (Å²) < 4.78 is 0.714. The monoisotopic (exact) mass is 334 g/mol. The molecule has 0 fully saturated rings. The highest BCUT2D eigenvalue weighted by atomic mass is 127. The van der Waals surface area contributed by atoms with Gasteiger partial charge in [0.25, 0.3) is 5.24 Å². The van der Waals surface area contributed by atoms with Gasteiger partial charge in [-0.05, 0) is 46.3 Å². The molecule has 0 aliphatic rings. The summed E-state index contributed by atoms with van der Waals surface area (Å²) >= 11 is 18.7. The van der Waals surface area contributed by atoms with Gasteiger partial charge in [-0.15, -0.1) is 0 Å². The lowest BCUT2D eigenvalue weighted by Gasteiger charge is -2.00. The van der Waals surface area contributed by atoms with Gasteiger partial charge in [0.15, 0.2) is 0 Å². The number of hydrogen-bond donors (Lipinski definition) is 0. The summed E-state index contributed by atoms with van der Waals surface area (Å²) in [4.78, 5) is 10.7. The predicted octanol–water partition coefficient (Wildman–Crippen LogP) is 3.98. The van der Waals surface area contributed by atoms with E-state index >= 15 is 0 Å². The van der Waals surface area contributed by atoms with E-state index in [4.69, 9.17) is 34.8 Å². The number of benzene rings is 1. The van der Waals surface area contributed by atoms with E-state index in [9.17, 15) is 4.79 Å². The van der Waals surface area contributed by atoms with Crippen molar-refractivity contribution in [3.63, 3.8) is 0 Å². The fourth-order valence-corrected chi connectivity index (χ4v) is 1.89. The van der Waals surface area contributed by atoms with Gasteiger partial charge >= 0.3 is 0 Å². The van der Waals surface area contributed by atoms with Crippen molar-refractivity contribution < 1.29 is 4.79 Å². The van der Waals surface area contributed by atoms with Crippen LogP contribution in [0.3, 0.4) is 0 Å². The number of carbonyl (C=O) groups excluding carboxylic acids is 1. The van der Waals surface area contributed by atoms with E-state index in [2.05, 4.69) is 0 Å². The van der Waals surface area contributed by atoms with Crippen molar-refractivity contribution >= 4 is 62.6 Å². The maximum atomic E-state index is 10.7. The minimum absolute atomic E-state index is 0.340. The Morgan fingerprint density at radius 2 is 1.92 bits per heavy atom. The molecule has 1 aromatic carbocycles. The van der Waals surface area contributed by atoms with Crippen LogP contribution in [0.4, 0.5) is 0 Å². The molecule has 1 aromatic rings. The molecule has 0 atom stereocenters. The van der Waals surface area contributed by atoms with Gasteiger partial charge in [-0.1, -0.05) is 23.2 Å². The number of rotatable bonds is 1. The number of carbonyl (C=O) groups is 1. The maximum Gasteiger partial charge on any atom is 0.252 e. The van der Waals surface area contributed by atoms with Crippen molar-refractivity contribution in [2.24, 2.45) is 0 Å². The molecule has 1 nitrogen and oxygen atoms in total. The molecule has 12 heavy (non-hydrogen) atoms. The van der Waals surface area contributed by atoms with Gasteiger partial charge in [0.1, 0.15) is 0 Å². The van der Waals surface area contributed by atoms with Gasteiger partial charge in [0.2, 0.25) is 0 Å². The van der Waals surface area contributed by atoms with E-state index < -0.39 is 5.24 Å². The van der Waals surface area contributed by atoms with Crippen LogP contribution in [0.1, 0.15) is 10.4 Å². The minimum Gasteiger partial charge on any atom is -0.276 e. The first-order valence-electron chi connectivity index (χ1n) is 2.86. The Bertz CT molecular complexity index is 314. The second kappa shape index (κ2) is 4.13. The quantitative estimate of drug-likeness (QED) is 0.431. The Morgan fingerprint density at radius 1 is 1.33 bits per heavy atom. The molecule has 0 N–H and O–H groups in total. The van der Waals surface area contributed by atoms with Crippen LogP contribution in [-0.4, -0.2) is 5.24 Å². The fraction of sp³-hybridized carbons (Fsp3) is 0. The molecule has 0 saturated carbocycles. The predicted molar refractivity (Wildman–Crippen MR) is 59.4 cm³/mol. The molecular weight excluding hydrogens is 333 g/mol. The van der Waals surface area contributed by atoms with Crippen LogP contribution in [0.25, 0.3) is 0 Å². The lowest BCUT2D eigenvalue weighted by atomic mass is 10.2. The van der Waals surface area contributed by atoms with Crippen LogP contribution in [0.2, 0.25) is 10.0 Å². The van der Waals surface area contributed by atoms with Crippen molar-refractivity contribution in [1.82, 2.24) is 0 Å². The summed E-state index contributed by atoms with van der Waals surface area (Å²) in [5.74, 6) is 0. The SMILES string of the molecule is O=C(Cl)c1cc(Cl)c(Cl)c(I)c1. The largest absolute Gasteiger partial charge is 0.276 e. The summed E-state index contributed by atoms with van der Waals surface area (Å²) in [6, 6.07) is 3.03. The third-order valence-corrected chi connectivity index (χ3v) is 3.40. The summed E-state index contributed by atoms with van der Waals surface area (Å²) in [5, 5.41) is 0.248. The zero-order chi connectivity index (χ0) is 9.30. The zero-order valence-electron chi connectivity index (χ0n) is 5.57. The second-order valence-corrected chi connectivity index (χ2v) is 4.32. The van der Waals surface area contributed by atoms with Crippen LogP contribution < -0.4 is 0 Å². The number of halogens is 4. The first-order chi connectivity index (χ1) is 5.52. The summed E-state index contributed by atoms with van der Waals surface area (Å²) in [7, 11) is 0. The Labute approximate surface area is 98.1 Å². The lowest BCUT2D eigenvalue weighted by molar-refractivity contribution is 0.108. The standard InChI is InChI=1S/C7H2Cl3IO/c8-4-1-3(7(10)12)2-5(11)6(4)9/h1-2H. The first kappa shape index (κ1) is 10.6. The van der Waals surface area contributed by atoms with Gasteiger partial charge in [-0.3, -0.25) is 4.79 Å². The highest BCUT2D eigenvalue weighted by molar-refractivity contribution is 14.1. The molecule has 0 aromatic heterocycles. The molecule has 0 heterocycles. The van der Waals surface area contributed by atoms with E-state index in [0.717, 1.165) is 0 Å². The minimum atomic E-state index is -0.536. The third kappa shape index (κ3) is 2.25. The molecule has 0 radical (unpaired) electrons. The molecule has 0 bridgehead atoms. The van der Waals surface area contributed by atoms with Gasteiger partial charge in [-0.25, -0.2) is 0 Å². The third-order valence-electron chi connectivity index (χ3n) is 1.21. The van der Waals surface area contributed by atoms with E-state index in [1.165, 1.54) is 6.07 Å². The van der Waals surface area contributed by atoms with Crippen molar-refractivity contribution in [2.75, 3.05) is 0 Å². The van der Waals surface area contributed by atoms with Gasteiger partial charge in [0, 0.05) is 9.13 Å². The van der Waals surface area contributed by atoms with Gasteiger partial charge in [-0.2, -0.15) is 0 Å². The highest BCUT2D eigenvalue weighted by Gasteiger charge is 2.08. The van der Waals surface area contributed by atoms with E-state index in [1.54, 1.807) is 6.07 Å². The van der Waals surface area contributed by atoms with Crippen LogP contribution in [0.15, 0.2) is 12.1 Å². The highest BCUT2D eigenvalue weighted by Crippen LogP contribution is 2.29. The second-order valence-electron chi connectivity index (χ2n) is 2.03.